The van der Waals surface area contributed by atoms with Crippen molar-refractivity contribution in [3.05, 3.63) is 33.4 Å². The molecule has 1 aromatic carbocycles. The summed E-state index contributed by atoms with van der Waals surface area (Å²) >= 11 is 3.26. The number of aryl methyl sites for hydroxylation is 1. The highest BCUT2D eigenvalue weighted by molar-refractivity contribution is 9.10. The largest absolute Gasteiger partial charge is 0.761 e. The number of hydrogen-bond acceptors (Lipinski definition) is 2. The standard InChI is InChI=1S/C7H7BrNO/c1-5-2-3-6(8)4-7(5)9-10/h2-4,9H,1H3/q-1. The van der Waals surface area contributed by atoms with Crippen LogP contribution in [0.4, 0.5) is 5.69 Å². The Balaban J connectivity index is 3.09. The van der Waals surface area contributed by atoms with E-state index in [0.29, 0.717) is 5.69 Å². The van der Waals surface area contributed by atoms with E-state index in [4.69, 9.17) is 0 Å². The molecule has 0 aromatic heterocycles. The topological polar surface area (TPSA) is 35.1 Å². The summed E-state index contributed by atoms with van der Waals surface area (Å²) in [4.78, 5) is 0. The SMILES string of the molecule is Cc1ccc(Br)cc1N[O-]. The molecule has 2 nitrogen and oxygen atoms in total. The van der Waals surface area contributed by atoms with Crippen molar-refractivity contribution in [2.24, 2.45) is 0 Å². The highest BCUT2D eigenvalue weighted by Gasteiger charge is 1.92. The maximum atomic E-state index is 10.2. The summed E-state index contributed by atoms with van der Waals surface area (Å²) in [5.74, 6) is 0. The van der Waals surface area contributed by atoms with Gasteiger partial charge in [0.1, 0.15) is 0 Å². The lowest BCUT2D eigenvalue weighted by Gasteiger charge is -2.11. The van der Waals surface area contributed by atoms with Gasteiger partial charge in [0.05, 0.1) is 0 Å². The molecule has 54 valence electrons. The van der Waals surface area contributed by atoms with Crippen molar-refractivity contribution in [3.63, 3.8) is 0 Å². The Morgan fingerprint density at radius 3 is 2.70 bits per heavy atom. The fourth-order valence-electron chi connectivity index (χ4n) is 0.704. The third-order valence-electron chi connectivity index (χ3n) is 1.31. The third kappa shape index (κ3) is 1.49. The van der Waals surface area contributed by atoms with Crippen molar-refractivity contribution < 1.29 is 0 Å². The molecular weight excluding hydrogens is 194 g/mol. The number of anilines is 1. The predicted octanol–water partition coefficient (Wildman–Crippen LogP) is 2.67. The van der Waals surface area contributed by atoms with E-state index in [2.05, 4.69) is 15.9 Å². The quantitative estimate of drug-likeness (QED) is 0.708. The Morgan fingerprint density at radius 2 is 2.20 bits per heavy atom. The summed E-state index contributed by atoms with van der Waals surface area (Å²) in [6.45, 7) is 1.88. The molecule has 1 N–H and O–H groups in total. The fraction of sp³-hybridized carbons (Fsp3) is 0.143. The van der Waals surface area contributed by atoms with Crippen LogP contribution in [-0.2, 0) is 0 Å². The van der Waals surface area contributed by atoms with Crippen LogP contribution in [0.5, 0.6) is 0 Å². The van der Waals surface area contributed by atoms with Crippen LogP contribution in [0.2, 0.25) is 0 Å². The molecule has 1 rings (SSSR count). The van der Waals surface area contributed by atoms with Crippen LogP contribution in [0.15, 0.2) is 22.7 Å². The van der Waals surface area contributed by atoms with E-state index in [9.17, 15) is 5.21 Å². The van der Waals surface area contributed by atoms with Crippen molar-refractivity contribution in [2.45, 2.75) is 6.92 Å². The number of rotatable bonds is 1. The monoisotopic (exact) mass is 200 g/mol. The molecule has 0 saturated heterocycles. The van der Waals surface area contributed by atoms with Gasteiger partial charge in [-0.15, -0.1) is 0 Å². The van der Waals surface area contributed by atoms with Crippen molar-refractivity contribution in [3.8, 4) is 0 Å². The molecule has 0 spiro atoms. The number of benzene rings is 1. The fourth-order valence-corrected chi connectivity index (χ4v) is 1.07. The van der Waals surface area contributed by atoms with Crippen molar-refractivity contribution in [1.29, 1.82) is 0 Å². The van der Waals surface area contributed by atoms with Crippen LogP contribution >= 0.6 is 15.9 Å². The molecule has 0 bridgehead atoms. The molecule has 0 aliphatic heterocycles. The maximum absolute atomic E-state index is 10.2. The first-order chi connectivity index (χ1) is 4.74. The van der Waals surface area contributed by atoms with E-state index in [1.54, 1.807) is 6.07 Å². The molecule has 0 aliphatic carbocycles. The van der Waals surface area contributed by atoms with Gasteiger partial charge in [-0.1, -0.05) is 22.0 Å². The van der Waals surface area contributed by atoms with Crippen molar-refractivity contribution >= 4 is 21.6 Å². The molecule has 0 aliphatic rings. The summed E-state index contributed by atoms with van der Waals surface area (Å²) in [6.07, 6.45) is 0. The van der Waals surface area contributed by atoms with Gasteiger partial charge >= 0.3 is 0 Å². The Labute approximate surface area is 68.0 Å². The van der Waals surface area contributed by atoms with Gasteiger partial charge in [-0.2, -0.15) is 0 Å². The van der Waals surface area contributed by atoms with Crippen LogP contribution < -0.4 is 5.48 Å². The van der Waals surface area contributed by atoms with Gasteiger partial charge in [0.25, 0.3) is 0 Å². The van der Waals surface area contributed by atoms with Crippen LogP contribution in [-0.4, -0.2) is 0 Å². The molecule has 0 atom stereocenters. The molecule has 0 amide bonds. The molecular formula is C7H7BrNO-. The van der Waals surface area contributed by atoms with E-state index in [1.165, 1.54) is 0 Å². The second kappa shape index (κ2) is 3.03. The number of nitrogens with one attached hydrogen (secondary N) is 1. The molecule has 0 fully saturated rings. The minimum absolute atomic E-state index is 0.620. The average Bonchev–Trinajstić information content (AvgIpc) is 1.94. The smallest absolute Gasteiger partial charge is 0.0274 e. The van der Waals surface area contributed by atoms with E-state index in [0.717, 1.165) is 10.0 Å². The molecule has 0 saturated carbocycles. The maximum Gasteiger partial charge on any atom is 0.0274 e. The minimum Gasteiger partial charge on any atom is -0.761 e. The number of halogens is 1. The van der Waals surface area contributed by atoms with E-state index >= 15 is 0 Å². The lowest BCUT2D eigenvalue weighted by atomic mass is 10.2. The molecule has 0 radical (unpaired) electrons. The highest BCUT2D eigenvalue weighted by atomic mass is 79.9. The summed E-state index contributed by atoms with van der Waals surface area (Å²) in [6, 6.07) is 5.53. The zero-order valence-electron chi connectivity index (χ0n) is 5.52. The highest BCUT2D eigenvalue weighted by Crippen LogP contribution is 2.19. The van der Waals surface area contributed by atoms with Gasteiger partial charge in [-0.05, 0) is 24.6 Å². The Hall–Kier alpha value is -0.540. The molecule has 10 heavy (non-hydrogen) atoms. The second-order valence-electron chi connectivity index (χ2n) is 2.06. The van der Waals surface area contributed by atoms with E-state index in [-0.39, 0.29) is 0 Å². The van der Waals surface area contributed by atoms with Gasteiger partial charge in [0.2, 0.25) is 0 Å². The van der Waals surface area contributed by atoms with Gasteiger partial charge in [-0.25, -0.2) is 0 Å². The molecule has 0 unspecified atom stereocenters. The van der Waals surface area contributed by atoms with Crippen molar-refractivity contribution in [2.75, 3.05) is 5.48 Å². The Kier molecular flexibility index (Phi) is 2.29. The normalized spacial score (nSPS) is 9.50. The third-order valence-corrected chi connectivity index (χ3v) is 1.80. The van der Waals surface area contributed by atoms with Gasteiger partial charge in [0, 0.05) is 10.2 Å². The van der Waals surface area contributed by atoms with Crippen LogP contribution in [0.1, 0.15) is 5.56 Å². The summed E-state index contributed by atoms with van der Waals surface area (Å²) in [7, 11) is 0. The van der Waals surface area contributed by atoms with Gasteiger partial charge in [-0.3, -0.25) is 0 Å². The number of hydrogen-bond donors (Lipinski definition) is 1. The van der Waals surface area contributed by atoms with Gasteiger partial charge < -0.3 is 10.7 Å². The lowest BCUT2D eigenvalue weighted by molar-refractivity contribution is 1.43. The molecule has 1 aromatic rings. The van der Waals surface area contributed by atoms with Crippen LogP contribution in [0.25, 0.3) is 0 Å². The Morgan fingerprint density at radius 1 is 1.50 bits per heavy atom. The van der Waals surface area contributed by atoms with Crippen LogP contribution in [0.3, 0.4) is 0 Å². The van der Waals surface area contributed by atoms with Gasteiger partial charge in [0.15, 0.2) is 0 Å². The Bertz CT molecular complexity index is 237. The average molecular weight is 201 g/mol. The minimum atomic E-state index is 0.620. The summed E-state index contributed by atoms with van der Waals surface area (Å²) in [5, 5.41) is 10.2. The van der Waals surface area contributed by atoms with Crippen molar-refractivity contribution in [1.82, 2.24) is 0 Å². The second-order valence-corrected chi connectivity index (χ2v) is 2.98. The summed E-state index contributed by atoms with van der Waals surface area (Å²) < 4.78 is 0.913. The summed E-state index contributed by atoms with van der Waals surface area (Å²) in [5.41, 5.74) is 3.43. The van der Waals surface area contributed by atoms with E-state index < -0.39 is 0 Å². The first-order valence-electron chi connectivity index (χ1n) is 2.88. The molecule has 0 heterocycles. The van der Waals surface area contributed by atoms with E-state index in [1.807, 2.05) is 24.5 Å². The first-order valence-corrected chi connectivity index (χ1v) is 3.67. The zero-order valence-corrected chi connectivity index (χ0v) is 7.10. The first kappa shape index (κ1) is 7.57. The predicted molar refractivity (Wildman–Crippen MR) is 45.9 cm³/mol. The molecule has 3 heteroatoms. The zero-order chi connectivity index (χ0) is 7.56. The van der Waals surface area contributed by atoms with Crippen LogP contribution in [0, 0.1) is 12.1 Å². The lowest BCUT2D eigenvalue weighted by Crippen LogP contribution is -1.87.